The van der Waals surface area contributed by atoms with Crippen LogP contribution in [0.4, 0.5) is 0 Å². The molecule has 1 amide bonds. The monoisotopic (exact) mass is 299 g/mol. The Morgan fingerprint density at radius 1 is 1.50 bits per heavy atom. The molecule has 0 saturated carbocycles. The minimum absolute atomic E-state index is 0.0188. The van der Waals surface area contributed by atoms with E-state index in [0.717, 1.165) is 12.2 Å². The van der Waals surface area contributed by atoms with Gasteiger partial charge in [-0.1, -0.05) is 6.92 Å². The number of rotatable bonds is 6. The maximum Gasteiger partial charge on any atom is 0.223 e. The molecule has 1 aliphatic rings. The van der Waals surface area contributed by atoms with Gasteiger partial charge >= 0.3 is 0 Å². The number of furan rings is 1. The van der Waals surface area contributed by atoms with E-state index in [4.69, 9.17) is 4.42 Å². The summed E-state index contributed by atoms with van der Waals surface area (Å²) in [5, 5.41) is 0. The van der Waals surface area contributed by atoms with Gasteiger partial charge in [0.25, 0.3) is 0 Å². The van der Waals surface area contributed by atoms with Crippen molar-refractivity contribution in [2.24, 2.45) is 0 Å². The van der Waals surface area contributed by atoms with Crippen LogP contribution in [0.2, 0.25) is 0 Å². The van der Waals surface area contributed by atoms with Crippen LogP contribution in [-0.2, 0) is 21.1 Å². The maximum absolute atomic E-state index is 12.3. The van der Waals surface area contributed by atoms with Gasteiger partial charge in [0.2, 0.25) is 5.91 Å². The first-order chi connectivity index (χ1) is 9.52. The van der Waals surface area contributed by atoms with E-state index in [1.54, 1.807) is 17.2 Å². The Morgan fingerprint density at radius 3 is 2.85 bits per heavy atom. The number of aryl methyl sites for hydroxylation is 1. The van der Waals surface area contributed by atoms with Crippen molar-refractivity contribution >= 4 is 15.7 Å². The summed E-state index contributed by atoms with van der Waals surface area (Å²) in [6.45, 7) is 2.62. The molecule has 0 radical (unpaired) electrons. The quantitative estimate of drug-likeness (QED) is 0.801. The van der Waals surface area contributed by atoms with Crippen LogP contribution in [-0.4, -0.2) is 43.3 Å². The average molecular weight is 299 g/mol. The largest absolute Gasteiger partial charge is 0.469 e. The zero-order chi connectivity index (χ0) is 14.6. The van der Waals surface area contributed by atoms with Crippen LogP contribution in [0.1, 0.15) is 31.9 Å². The van der Waals surface area contributed by atoms with Gasteiger partial charge in [-0.3, -0.25) is 4.79 Å². The molecule has 1 aliphatic heterocycles. The first kappa shape index (κ1) is 15.1. The normalized spacial score (nSPS) is 20.9. The second-order valence-corrected chi connectivity index (χ2v) is 7.45. The standard InChI is InChI=1S/C14H21NO4S/c1-2-8-15(12-7-10-20(17,18)11-12)14(16)6-5-13-4-3-9-19-13/h3-4,9,12H,2,5-8,10-11H2,1H3. The molecule has 2 heterocycles. The Bertz CT molecular complexity index is 536. The fourth-order valence-electron chi connectivity index (χ4n) is 2.60. The molecule has 5 nitrogen and oxygen atoms in total. The molecule has 112 valence electrons. The average Bonchev–Trinajstić information content (AvgIpc) is 3.02. The van der Waals surface area contributed by atoms with Crippen molar-refractivity contribution in [1.29, 1.82) is 0 Å². The first-order valence-corrected chi connectivity index (χ1v) is 8.86. The molecule has 0 bridgehead atoms. The van der Waals surface area contributed by atoms with E-state index < -0.39 is 9.84 Å². The van der Waals surface area contributed by atoms with Gasteiger partial charge in [0.05, 0.1) is 17.8 Å². The van der Waals surface area contributed by atoms with Crippen molar-refractivity contribution in [2.75, 3.05) is 18.1 Å². The molecule has 6 heteroatoms. The van der Waals surface area contributed by atoms with E-state index in [1.807, 2.05) is 13.0 Å². The number of hydrogen-bond donors (Lipinski definition) is 0. The van der Waals surface area contributed by atoms with Crippen molar-refractivity contribution in [2.45, 2.75) is 38.6 Å². The minimum atomic E-state index is -2.96. The highest BCUT2D eigenvalue weighted by Gasteiger charge is 2.33. The molecule has 0 N–H and O–H groups in total. The first-order valence-electron chi connectivity index (χ1n) is 7.04. The van der Waals surface area contributed by atoms with Crippen LogP contribution in [0, 0.1) is 0 Å². The van der Waals surface area contributed by atoms with E-state index >= 15 is 0 Å². The number of carbonyl (C=O) groups is 1. The molecule has 0 aliphatic carbocycles. The smallest absolute Gasteiger partial charge is 0.223 e. The van der Waals surface area contributed by atoms with Gasteiger partial charge in [-0.05, 0) is 25.0 Å². The maximum atomic E-state index is 12.3. The highest BCUT2D eigenvalue weighted by atomic mass is 32.2. The third kappa shape index (κ3) is 3.85. The van der Waals surface area contributed by atoms with Crippen molar-refractivity contribution < 1.29 is 17.6 Å². The van der Waals surface area contributed by atoms with E-state index in [0.29, 0.717) is 25.8 Å². The molecule has 0 spiro atoms. The highest BCUT2D eigenvalue weighted by Crippen LogP contribution is 2.19. The Balaban J connectivity index is 1.95. The number of carbonyl (C=O) groups excluding carboxylic acids is 1. The van der Waals surface area contributed by atoms with Crippen LogP contribution in [0.15, 0.2) is 22.8 Å². The topological polar surface area (TPSA) is 67.6 Å². The van der Waals surface area contributed by atoms with E-state index in [-0.39, 0.29) is 23.5 Å². The molecular weight excluding hydrogens is 278 g/mol. The Kier molecular flexibility index (Phi) is 4.86. The number of nitrogens with zero attached hydrogens (tertiary/aromatic N) is 1. The van der Waals surface area contributed by atoms with E-state index in [1.165, 1.54) is 0 Å². The minimum Gasteiger partial charge on any atom is -0.469 e. The molecule has 1 atom stereocenters. The second-order valence-electron chi connectivity index (χ2n) is 5.22. The number of amides is 1. The lowest BCUT2D eigenvalue weighted by Gasteiger charge is -2.28. The zero-order valence-corrected chi connectivity index (χ0v) is 12.6. The van der Waals surface area contributed by atoms with Crippen LogP contribution in [0.25, 0.3) is 0 Å². The summed E-state index contributed by atoms with van der Waals surface area (Å²) in [7, 11) is -2.96. The summed E-state index contributed by atoms with van der Waals surface area (Å²) < 4.78 is 28.3. The predicted molar refractivity (Wildman–Crippen MR) is 76.1 cm³/mol. The molecule has 1 aromatic heterocycles. The number of sulfone groups is 1. The Morgan fingerprint density at radius 2 is 2.30 bits per heavy atom. The Labute approximate surface area is 119 Å². The Hall–Kier alpha value is -1.30. The molecule has 0 aromatic carbocycles. The van der Waals surface area contributed by atoms with Gasteiger partial charge in [0.15, 0.2) is 9.84 Å². The molecule has 2 rings (SSSR count). The molecular formula is C14H21NO4S. The van der Waals surface area contributed by atoms with Gasteiger partial charge in [0, 0.05) is 25.4 Å². The second kappa shape index (κ2) is 6.43. The van der Waals surface area contributed by atoms with Crippen LogP contribution in [0.5, 0.6) is 0 Å². The van der Waals surface area contributed by atoms with Gasteiger partial charge in [-0.2, -0.15) is 0 Å². The number of hydrogen-bond acceptors (Lipinski definition) is 4. The van der Waals surface area contributed by atoms with Gasteiger partial charge in [0.1, 0.15) is 5.76 Å². The molecule has 1 fully saturated rings. The predicted octanol–water partition coefficient (Wildman–Crippen LogP) is 1.64. The fourth-order valence-corrected chi connectivity index (χ4v) is 4.33. The molecule has 20 heavy (non-hydrogen) atoms. The lowest BCUT2D eigenvalue weighted by atomic mass is 10.1. The third-order valence-electron chi connectivity index (χ3n) is 3.60. The van der Waals surface area contributed by atoms with Gasteiger partial charge in [-0.15, -0.1) is 0 Å². The lowest BCUT2D eigenvalue weighted by molar-refractivity contribution is -0.133. The van der Waals surface area contributed by atoms with Gasteiger partial charge in [-0.25, -0.2) is 8.42 Å². The molecule has 1 saturated heterocycles. The summed E-state index contributed by atoms with van der Waals surface area (Å²) in [5.41, 5.74) is 0. The van der Waals surface area contributed by atoms with Crippen molar-refractivity contribution in [3.63, 3.8) is 0 Å². The summed E-state index contributed by atoms with van der Waals surface area (Å²) in [6.07, 6.45) is 3.92. The fraction of sp³-hybridized carbons (Fsp3) is 0.643. The zero-order valence-electron chi connectivity index (χ0n) is 11.7. The van der Waals surface area contributed by atoms with Crippen LogP contribution in [0.3, 0.4) is 0 Å². The van der Waals surface area contributed by atoms with Crippen molar-refractivity contribution in [3.05, 3.63) is 24.2 Å². The van der Waals surface area contributed by atoms with Crippen molar-refractivity contribution in [1.82, 2.24) is 4.90 Å². The summed E-state index contributed by atoms with van der Waals surface area (Å²) in [5.74, 6) is 1.11. The summed E-state index contributed by atoms with van der Waals surface area (Å²) >= 11 is 0. The molecule has 1 unspecified atom stereocenters. The van der Waals surface area contributed by atoms with E-state index in [2.05, 4.69) is 0 Å². The van der Waals surface area contributed by atoms with E-state index in [9.17, 15) is 13.2 Å². The summed E-state index contributed by atoms with van der Waals surface area (Å²) in [4.78, 5) is 14.1. The highest BCUT2D eigenvalue weighted by molar-refractivity contribution is 7.91. The third-order valence-corrected chi connectivity index (χ3v) is 5.35. The lowest BCUT2D eigenvalue weighted by Crippen LogP contribution is -2.41. The van der Waals surface area contributed by atoms with Gasteiger partial charge < -0.3 is 9.32 Å². The molecule has 1 aromatic rings. The summed E-state index contributed by atoms with van der Waals surface area (Å²) in [6, 6.07) is 3.49. The van der Waals surface area contributed by atoms with Crippen LogP contribution >= 0.6 is 0 Å². The van der Waals surface area contributed by atoms with Crippen molar-refractivity contribution in [3.8, 4) is 0 Å². The SMILES string of the molecule is CCCN(C(=O)CCc1ccco1)C1CCS(=O)(=O)C1. The van der Waals surface area contributed by atoms with Crippen LogP contribution < -0.4 is 0 Å².